The Hall–Kier alpha value is -2.82. The standard InChI is InChI=1S/C14H10N2O3/c17-14(8-15-18)16-9-5-6-13-11(7-9)10-3-1-2-4-12(10)19-13/h1-8,18H,(H,16,17)/b15-8-. The van der Waals surface area contributed by atoms with Crippen molar-refractivity contribution in [3.8, 4) is 0 Å². The van der Waals surface area contributed by atoms with Crippen LogP contribution in [0.3, 0.4) is 0 Å². The normalized spacial score (nSPS) is 11.4. The molecule has 0 saturated heterocycles. The predicted octanol–water partition coefficient (Wildman–Crippen LogP) is 2.98. The summed E-state index contributed by atoms with van der Waals surface area (Å²) in [5, 5.41) is 15.5. The molecule has 0 unspecified atom stereocenters. The molecular formula is C14H10N2O3. The molecule has 3 rings (SSSR count). The van der Waals surface area contributed by atoms with E-state index in [1.54, 1.807) is 12.1 Å². The largest absolute Gasteiger partial charge is 0.456 e. The second-order valence-corrected chi connectivity index (χ2v) is 4.04. The Labute approximate surface area is 108 Å². The number of carbonyl (C=O) groups is 1. The number of nitrogens with zero attached hydrogens (tertiary/aromatic N) is 1. The van der Waals surface area contributed by atoms with Crippen molar-refractivity contribution in [2.24, 2.45) is 5.16 Å². The van der Waals surface area contributed by atoms with Crippen LogP contribution >= 0.6 is 0 Å². The molecule has 5 nitrogen and oxygen atoms in total. The molecule has 5 heteroatoms. The van der Waals surface area contributed by atoms with Gasteiger partial charge in [0.1, 0.15) is 17.4 Å². The molecule has 0 spiro atoms. The van der Waals surface area contributed by atoms with Crippen LogP contribution < -0.4 is 5.32 Å². The molecule has 3 aromatic rings. The first-order valence-electron chi connectivity index (χ1n) is 5.67. The first kappa shape index (κ1) is 11.3. The zero-order valence-electron chi connectivity index (χ0n) is 9.83. The van der Waals surface area contributed by atoms with Crippen LogP contribution in [0.25, 0.3) is 21.9 Å². The van der Waals surface area contributed by atoms with Crippen molar-refractivity contribution >= 4 is 39.7 Å². The molecule has 0 radical (unpaired) electrons. The van der Waals surface area contributed by atoms with E-state index in [-0.39, 0.29) is 0 Å². The van der Waals surface area contributed by atoms with E-state index in [1.807, 2.05) is 30.3 Å². The zero-order valence-corrected chi connectivity index (χ0v) is 9.83. The number of anilines is 1. The smallest absolute Gasteiger partial charge is 0.270 e. The molecule has 1 heterocycles. The Morgan fingerprint density at radius 1 is 1.16 bits per heavy atom. The molecular weight excluding hydrogens is 244 g/mol. The number of hydrogen-bond donors (Lipinski definition) is 2. The Bertz CT molecular complexity index is 790. The second-order valence-electron chi connectivity index (χ2n) is 4.04. The van der Waals surface area contributed by atoms with Gasteiger partial charge in [-0.05, 0) is 24.3 Å². The Balaban J connectivity index is 2.09. The number of rotatable bonds is 2. The van der Waals surface area contributed by atoms with E-state index in [0.717, 1.165) is 28.2 Å². The number of fused-ring (bicyclic) bond motifs is 3. The summed E-state index contributed by atoms with van der Waals surface area (Å²) in [5.41, 5.74) is 2.18. The second kappa shape index (κ2) is 4.45. The van der Waals surface area contributed by atoms with Crippen LogP contribution in [0.5, 0.6) is 0 Å². The summed E-state index contributed by atoms with van der Waals surface area (Å²) in [6.45, 7) is 0. The number of benzene rings is 2. The Kier molecular flexibility index (Phi) is 2.64. The fraction of sp³-hybridized carbons (Fsp3) is 0. The lowest BCUT2D eigenvalue weighted by atomic mass is 10.1. The lowest BCUT2D eigenvalue weighted by Gasteiger charge is -2.00. The highest BCUT2D eigenvalue weighted by Gasteiger charge is 2.07. The van der Waals surface area contributed by atoms with Crippen molar-refractivity contribution in [3.63, 3.8) is 0 Å². The molecule has 0 saturated carbocycles. The minimum absolute atomic E-state index is 0.491. The van der Waals surface area contributed by atoms with Gasteiger partial charge in [-0.3, -0.25) is 4.79 Å². The van der Waals surface area contributed by atoms with Crippen LogP contribution in [0.1, 0.15) is 0 Å². The van der Waals surface area contributed by atoms with Crippen molar-refractivity contribution in [3.05, 3.63) is 42.5 Å². The van der Waals surface area contributed by atoms with Crippen molar-refractivity contribution in [2.45, 2.75) is 0 Å². The average molecular weight is 254 g/mol. The van der Waals surface area contributed by atoms with Crippen molar-refractivity contribution in [2.75, 3.05) is 5.32 Å². The number of hydrogen-bond acceptors (Lipinski definition) is 4. The number of oxime groups is 1. The SMILES string of the molecule is O=C(/C=N\O)Nc1ccc2oc3ccccc3c2c1. The molecule has 2 N–H and O–H groups in total. The van der Waals surface area contributed by atoms with Crippen LogP contribution in [-0.2, 0) is 4.79 Å². The summed E-state index contributed by atoms with van der Waals surface area (Å²) in [7, 11) is 0. The maximum absolute atomic E-state index is 11.3. The van der Waals surface area contributed by atoms with E-state index >= 15 is 0 Å². The summed E-state index contributed by atoms with van der Waals surface area (Å²) in [5.74, 6) is -0.491. The summed E-state index contributed by atoms with van der Waals surface area (Å²) >= 11 is 0. The van der Waals surface area contributed by atoms with Crippen LogP contribution in [0.15, 0.2) is 52.0 Å². The third-order valence-electron chi connectivity index (χ3n) is 2.82. The van der Waals surface area contributed by atoms with E-state index in [2.05, 4.69) is 10.5 Å². The molecule has 0 aliphatic heterocycles. The van der Waals surface area contributed by atoms with Crippen molar-refractivity contribution in [1.29, 1.82) is 0 Å². The van der Waals surface area contributed by atoms with Crippen molar-refractivity contribution in [1.82, 2.24) is 0 Å². The Morgan fingerprint density at radius 3 is 2.79 bits per heavy atom. The number of nitrogens with one attached hydrogen (secondary N) is 1. The predicted molar refractivity (Wildman–Crippen MR) is 72.6 cm³/mol. The van der Waals surface area contributed by atoms with Gasteiger partial charge in [-0.25, -0.2) is 0 Å². The number of amides is 1. The molecule has 0 aliphatic carbocycles. The highest BCUT2D eigenvalue weighted by molar-refractivity contribution is 6.31. The highest BCUT2D eigenvalue weighted by atomic mass is 16.4. The number of furan rings is 1. The van der Waals surface area contributed by atoms with E-state index in [0.29, 0.717) is 5.69 Å². The van der Waals surface area contributed by atoms with Crippen molar-refractivity contribution < 1.29 is 14.4 Å². The van der Waals surface area contributed by atoms with E-state index in [1.165, 1.54) is 0 Å². The van der Waals surface area contributed by atoms with E-state index < -0.39 is 5.91 Å². The lowest BCUT2D eigenvalue weighted by Crippen LogP contribution is -2.12. The molecule has 2 aromatic carbocycles. The molecule has 0 fully saturated rings. The van der Waals surface area contributed by atoms with Gasteiger partial charge in [0.25, 0.3) is 5.91 Å². The van der Waals surface area contributed by atoms with E-state index in [9.17, 15) is 4.79 Å². The first-order chi connectivity index (χ1) is 9.28. The van der Waals surface area contributed by atoms with Gasteiger partial charge in [0.15, 0.2) is 0 Å². The molecule has 0 atom stereocenters. The van der Waals surface area contributed by atoms with Crippen LogP contribution in [0.4, 0.5) is 5.69 Å². The summed E-state index contributed by atoms with van der Waals surface area (Å²) < 4.78 is 5.68. The van der Waals surface area contributed by atoms with Gasteiger partial charge >= 0.3 is 0 Å². The van der Waals surface area contributed by atoms with E-state index in [4.69, 9.17) is 9.62 Å². The summed E-state index contributed by atoms with van der Waals surface area (Å²) in [6.07, 6.45) is 0.803. The maximum Gasteiger partial charge on any atom is 0.270 e. The number of carbonyl (C=O) groups excluding carboxylic acids is 1. The summed E-state index contributed by atoms with van der Waals surface area (Å²) in [6, 6.07) is 13.0. The van der Waals surface area contributed by atoms with Gasteiger partial charge in [0, 0.05) is 16.5 Å². The van der Waals surface area contributed by atoms with Crippen LogP contribution in [0.2, 0.25) is 0 Å². The Morgan fingerprint density at radius 2 is 1.95 bits per heavy atom. The first-order valence-corrected chi connectivity index (χ1v) is 5.67. The fourth-order valence-corrected chi connectivity index (χ4v) is 2.03. The molecule has 94 valence electrons. The average Bonchev–Trinajstić information content (AvgIpc) is 2.77. The van der Waals surface area contributed by atoms with Gasteiger partial charge in [-0.2, -0.15) is 0 Å². The minimum atomic E-state index is -0.491. The monoisotopic (exact) mass is 254 g/mol. The van der Waals surface area contributed by atoms with Gasteiger partial charge in [0.2, 0.25) is 0 Å². The van der Waals surface area contributed by atoms with Gasteiger partial charge in [-0.15, -0.1) is 0 Å². The number of para-hydroxylation sites is 1. The van der Waals surface area contributed by atoms with Crippen LogP contribution in [0, 0.1) is 0 Å². The summed E-state index contributed by atoms with van der Waals surface area (Å²) in [4.78, 5) is 11.3. The lowest BCUT2D eigenvalue weighted by molar-refractivity contribution is -0.110. The highest BCUT2D eigenvalue weighted by Crippen LogP contribution is 2.30. The topological polar surface area (TPSA) is 74.8 Å². The third kappa shape index (κ3) is 2.01. The maximum atomic E-state index is 11.3. The molecule has 19 heavy (non-hydrogen) atoms. The minimum Gasteiger partial charge on any atom is -0.456 e. The molecule has 0 bridgehead atoms. The van der Waals surface area contributed by atoms with Gasteiger partial charge < -0.3 is 14.9 Å². The fourth-order valence-electron chi connectivity index (χ4n) is 2.03. The molecule has 0 aliphatic rings. The van der Waals surface area contributed by atoms with Gasteiger partial charge in [-0.1, -0.05) is 23.4 Å². The molecule has 1 aromatic heterocycles. The zero-order chi connectivity index (χ0) is 13.2. The molecule has 1 amide bonds. The van der Waals surface area contributed by atoms with Gasteiger partial charge in [0.05, 0.1) is 0 Å². The van der Waals surface area contributed by atoms with Crippen LogP contribution in [-0.4, -0.2) is 17.3 Å². The third-order valence-corrected chi connectivity index (χ3v) is 2.82. The quantitative estimate of drug-likeness (QED) is 0.419.